The van der Waals surface area contributed by atoms with Crippen molar-refractivity contribution >= 4 is 29.3 Å². The second-order valence-corrected chi connectivity index (χ2v) is 7.49. The van der Waals surface area contributed by atoms with Crippen LogP contribution in [0.5, 0.6) is 0 Å². The van der Waals surface area contributed by atoms with Crippen LogP contribution in [0.2, 0.25) is 0 Å². The Morgan fingerprint density at radius 3 is 2.65 bits per heavy atom. The number of anilines is 3. The van der Waals surface area contributed by atoms with Gasteiger partial charge in [-0.05, 0) is 42.8 Å². The summed E-state index contributed by atoms with van der Waals surface area (Å²) >= 11 is 0. The molecule has 0 radical (unpaired) electrons. The summed E-state index contributed by atoms with van der Waals surface area (Å²) in [5.41, 5.74) is 1.49. The smallest absolute Gasteiger partial charge is 0.254 e. The average molecular weight is 422 g/mol. The third-order valence-corrected chi connectivity index (χ3v) is 5.35. The molecule has 9 heteroatoms. The number of hydrogen-bond donors (Lipinski definition) is 2. The SMILES string of the molecule is C=CC(=O)N[C@H]1CCN(c2nccc(Nc3ccc(C(=O)N4CCOCC4)cc3)n2)C1. The zero-order valence-corrected chi connectivity index (χ0v) is 17.3. The highest BCUT2D eigenvalue weighted by atomic mass is 16.5. The topological polar surface area (TPSA) is 99.7 Å². The van der Waals surface area contributed by atoms with Gasteiger partial charge in [-0.1, -0.05) is 6.58 Å². The fourth-order valence-corrected chi connectivity index (χ4v) is 3.68. The molecule has 0 unspecified atom stereocenters. The van der Waals surface area contributed by atoms with E-state index in [9.17, 15) is 9.59 Å². The molecule has 2 saturated heterocycles. The third kappa shape index (κ3) is 5.18. The standard InChI is InChI=1S/C22H26N6O3/c1-2-20(29)25-18-8-10-28(15-18)22-23-9-7-19(26-22)24-17-5-3-16(4-6-17)21(30)27-11-13-31-14-12-27/h2-7,9,18H,1,8,10-15H2,(H,25,29)(H,23,24,26)/t18-/m0/s1. The number of morpholine rings is 1. The van der Waals surface area contributed by atoms with Crippen LogP contribution in [0.3, 0.4) is 0 Å². The molecule has 2 N–H and O–H groups in total. The van der Waals surface area contributed by atoms with E-state index in [1.54, 1.807) is 12.3 Å². The van der Waals surface area contributed by atoms with E-state index in [-0.39, 0.29) is 17.9 Å². The number of ether oxygens (including phenoxy) is 1. The number of amides is 2. The van der Waals surface area contributed by atoms with Gasteiger partial charge in [-0.25, -0.2) is 4.98 Å². The van der Waals surface area contributed by atoms with E-state index in [1.807, 2.05) is 34.1 Å². The molecular formula is C22H26N6O3. The van der Waals surface area contributed by atoms with Gasteiger partial charge in [0.15, 0.2) is 0 Å². The van der Waals surface area contributed by atoms with Crippen LogP contribution in [-0.2, 0) is 9.53 Å². The highest BCUT2D eigenvalue weighted by molar-refractivity contribution is 5.94. The van der Waals surface area contributed by atoms with Gasteiger partial charge in [-0.3, -0.25) is 9.59 Å². The molecule has 1 aromatic carbocycles. The maximum atomic E-state index is 12.6. The predicted octanol–water partition coefficient (Wildman–Crippen LogP) is 1.57. The number of nitrogens with zero attached hydrogens (tertiary/aromatic N) is 4. The number of aromatic nitrogens is 2. The van der Waals surface area contributed by atoms with Crippen molar-refractivity contribution < 1.29 is 14.3 Å². The van der Waals surface area contributed by atoms with Gasteiger partial charge >= 0.3 is 0 Å². The fourth-order valence-electron chi connectivity index (χ4n) is 3.68. The first-order valence-electron chi connectivity index (χ1n) is 10.4. The van der Waals surface area contributed by atoms with Crippen molar-refractivity contribution in [3.63, 3.8) is 0 Å². The average Bonchev–Trinajstić information content (AvgIpc) is 3.28. The molecule has 2 aliphatic heterocycles. The maximum absolute atomic E-state index is 12.6. The molecule has 1 aromatic heterocycles. The molecule has 0 spiro atoms. The van der Waals surface area contributed by atoms with Gasteiger partial charge in [0, 0.05) is 49.7 Å². The summed E-state index contributed by atoms with van der Waals surface area (Å²) in [6, 6.07) is 9.22. The summed E-state index contributed by atoms with van der Waals surface area (Å²) in [4.78, 5) is 36.9. The molecule has 0 aliphatic carbocycles. The molecule has 162 valence electrons. The van der Waals surface area contributed by atoms with Gasteiger partial charge in [-0.2, -0.15) is 4.98 Å². The number of carbonyl (C=O) groups is 2. The van der Waals surface area contributed by atoms with Gasteiger partial charge in [0.05, 0.1) is 13.2 Å². The Morgan fingerprint density at radius 2 is 1.90 bits per heavy atom. The van der Waals surface area contributed by atoms with Crippen molar-refractivity contribution in [2.45, 2.75) is 12.5 Å². The van der Waals surface area contributed by atoms with Crippen LogP contribution in [0, 0.1) is 0 Å². The second-order valence-electron chi connectivity index (χ2n) is 7.49. The second kappa shape index (κ2) is 9.57. The minimum absolute atomic E-state index is 0.0197. The molecule has 4 rings (SSSR count). The molecule has 2 aliphatic rings. The molecule has 3 heterocycles. The highest BCUT2D eigenvalue weighted by Crippen LogP contribution is 2.21. The van der Waals surface area contributed by atoms with Crippen LogP contribution in [-0.4, -0.2) is 72.1 Å². The molecule has 0 bridgehead atoms. The molecule has 0 saturated carbocycles. The molecule has 2 amide bonds. The van der Waals surface area contributed by atoms with Gasteiger partial charge in [-0.15, -0.1) is 0 Å². The van der Waals surface area contributed by atoms with E-state index in [2.05, 4.69) is 27.2 Å². The molecular weight excluding hydrogens is 396 g/mol. The lowest BCUT2D eigenvalue weighted by Gasteiger charge is -2.26. The fraction of sp³-hybridized carbons (Fsp3) is 0.364. The Kier molecular flexibility index (Phi) is 6.42. The summed E-state index contributed by atoms with van der Waals surface area (Å²) in [5, 5.41) is 6.17. The van der Waals surface area contributed by atoms with Gasteiger partial charge in [0.1, 0.15) is 5.82 Å². The van der Waals surface area contributed by atoms with Crippen LogP contribution in [0.4, 0.5) is 17.5 Å². The summed E-state index contributed by atoms with van der Waals surface area (Å²) in [7, 11) is 0. The Balaban J connectivity index is 1.37. The van der Waals surface area contributed by atoms with E-state index >= 15 is 0 Å². The minimum Gasteiger partial charge on any atom is -0.378 e. The van der Waals surface area contributed by atoms with Gasteiger partial charge in [0.25, 0.3) is 5.91 Å². The van der Waals surface area contributed by atoms with E-state index in [0.29, 0.717) is 50.2 Å². The van der Waals surface area contributed by atoms with Crippen LogP contribution in [0.15, 0.2) is 49.2 Å². The molecule has 9 nitrogen and oxygen atoms in total. The summed E-state index contributed by atoms with van der Waals surface area (Å²) in [6.45, 7) is 7.32. The Morgan fingerprint density at radius 1 is 1.13 bits per heavy atom. The minimum atomic E-state index is -0.168. The Hall–Kier alpha value is -3.46. The molecule has 1 atom stereocenters. The first-order chi connectivity index (χ1) is 15.1. The quantitative estimate of drug-likeness (QED) is 0.682. The number of hydrogen-bond acceptors (Lipinski definition) is 7. The van der Waals surface area contributed by atoms with Gasteiger partial charge in [0.2, 0.25) is 11.9 Å². The van der Waals surface area contributed by atoms with E-state index in [0.717, 1.165) is 18.7 Å². The van der Waals surface area contributed by atoms with Crippen molar-refractivity contribution in [3.8, 4) is 0 Å². The third-order valence-electron chi connectivity index (χ3n) is 5.35. The molecule has 2 aromatic rings. The van der Waals surface area contributed by atoms with Gasteiger partial charge < -0.3 is 25.2 Å². The Bertz CT molecular complexity index is 943. The normalized spacial score (nSPS) is 18.5. The first kappa shape index (κ1) is 20.8. The number of nitrogens with one attached hydrogen (secondary N) is 2. The van der Waals surface area contributed by atoms with Crippen LogP contribution < -0.4 is 15.5 Å². The van der Waals surface area contributed by atoms with Crippen LogP contribution in [0.25, 0.3) is 0 Å². The van der Waals surface area contributed by atoms with Crippen molar-refractivity contribution in [2.24, 2.45) is 0 Å². The van der Waals surface area contributed by atoms with E-state index in [4.69, 9.17) is 4.74 Å². The maximum Gasteiger partial charge on any atom is 0.254 e. The predicted molar refractivity (Wildman–Crippen MR) is 117 cm³/mol. The lowest BCUT2D eigenvalue weighted by Crippen LogP contribution is -2.40. The van der Waals surface area contributed by atoms with Crippen molar-refractivity contribution in [3.05, 3.63) is 54.7 Å². The largest absolute Gasteiger partial charge is 0.378 e. The zero-order chi connectivity index (χ0) is 21.6. The van der Waals surface area contributed by atoms with E-state index in [1.165, 1.54) is 6.08 Å². The molecule has 31 heavy (non-hydrogen) atoms. The van der Waals surface area contributed by atoms with E-state index < -0.39 is 0 Å². The zero-order valence-electron chi connectivity index (χ0n) is 17.3. The van der Waals surface area contributed by atoms with Crippen molar-refractivity contribution in [2.75, 3.05) is 49.6 Å². The lowest BCUT2D eigenvalue weighted by atomic mass is 10.1. The number of rotatable bonds is 6. The monoisotopic (exact) mass is 422 g/mol. The summed E-state index contributed by atoms with van der Waals surface area (Å²) in [5.74, 6) is 1.13. The van der Waals surface area contributed by atoms with Crippen LogP contribution >= 0.6 is 0 Å². The Labute approximate surface area is 181 Å². The number of benzene rings is 1. The van der Waals surface area contributed by atoms with Crippen molar-refractivity contribution in [1.29, 1.82) is 0 Å². The summed E-state index contributed by atoms with van der Waals surface area (Å²) in [6.07, 6.45) is 3.82. The highest BCUT2D eigenvalue weighted by Gasteiger charge is 2.25. The van der Waals surface area contributed by atoms with Crippen molar-refractivity contribution in [1.82, 2.24) is 20.2 Å². The first-order valence-corrected chi connectivity index (χ1v) is 10.4. The summed E-state index contributed by atoms with van der Waals surface area (Å²) < 4.78 is 5.30. The number of carbonyl (C=O) groups excluding carboxylic acids is 2. The van der Waals surface area contributed by atoms with Crippen LogP contribution in [0.1, 0.15) is 16.8 Å². The lowest BCUT2D eigenvalue weighted by molar-refractivity contribution is -0.117. The molecule has 2 fully saturated rings.